The van der Waals surface area contributed by atoms with Crippen molar-refractivity contribution >= 4 is 22.7 Å². The molecule has 2 unspecified atom stereocenters. The monoisotopic (exact) mass is 295 g/mol. The lowest BCUT2D eigenvalue weighted by atomic mass is 10.1. The lowest BCUT2D eigenvalue weighted by Crippen LogP contribution is -2.31. The zero-order valence-electron chi connectivity index (χ0n) is 11.2. The molecule has 104 valence electrons. The number of thiophene rings is 2. The molecule has 0 amide bonds. The van der Waals surface area contributed by atoms with E-state index in [1.807, 2.05) is 22.7 Å². The number of nitrogens with one attached hydrogen (secondary N) is 1. The highest BCUT2D eigenvalue weighted by Gasteiger charge is 2.16. The van der Waals surface area contributed by atoms with Gasteiger partial charge in [0.25, 0.3) is 0 Å². The maximum Gasteiger partial charge on any atom is 0.0465 e. The third-order valence-electron chi connectivity index (χ3n) is 3.15. The smallest absolute Gasteiger partial charge is 0.0465 e. The second-order valence-electron chi connectivity index (χ2n) is 4.79. The van der Waals surface area contributed by atoms with Crippen LogP contribution in [0.25, 0.3) is 0 Å². The highest BCUT2D eigenvalue weighted by atomic mass is 32.1. The molecule has 0 saturated heterocycles. The third kappa shape index (κ3) is 4.73. The first-order valence-corrected chi connectivity index (χ1v) is 8.48. The van der Waals surface area contributed by atoms with Crippen LogP contribution in [-0.2, 0) is 6.42 Å². The molecule has 0 fully saturated rings. The molecule has 2 N–H and O–H groups in total. The second kappa shape index (κ2) is 7.80. The molecule has 2 rings (SSSR count). The molecule has 0 aliphatic carbocycles. The Balaban J connectivity index is 1.98. The summed E-state index contributed by atoms with van der Waals surface area (Å²) in [5, 5.41) is 16.9. The van der Waals surface area contributed by atoms with Gasteiger partial charge in [0.1, 0.15) is 0 Å². The fourth-order valence-electron chi connectivity index (χ4n) is 2.19. The zero-order valence-corrected chi connectivity index (χ0v) is 12.8. The van der Waals surface area contributed by atoms with E-state index in [0.717, 1.165) is 19.3 Å². The summed E-state index contributed by atoms with van der Waals surface area (Å²) in [6.45, 7) is 2.48. The summed E-state index contributed by atoms with van der Waals surface area (Å²) in [7, 11) is 0. The Morgan fingerprint density at radius 3 is 2.63 bits per heavy atom. The minimum Gasteiger partial charge on any atom is -0.396 e. The van der Waals surface area contributed by atoms with Gasteiger partial charge in [0, 0.05) is 34.9 Å². The second-order valence-corrected chi connectivity index (χ2v) is 6.80. The molecular weight excluding hydrogens is 274 g/mol. The van der Waals surface area contributed by atoms with Crippen molar-refractivity contribution in [2.24, 2.45) is 0 Å². The van der Waals surface area contributed by atoms with E-state index in [0.29, 0.717) is 12.1 Å². The Kier molecular flexibility index (Phi) is 6.04. The first-order chi connectivity index (χ1) is 9.29. The van der Waals surface area contributed by atoms with Crippen LogP contribution in [0.2, 0.25) is 0 Å². The van der Waals surface area contributed by atoms with Gasteiger partial charge in [0.2, 0.25) is 0 Å². The first kappa shape index (κ1) is 14.7. The summed E-state index contributed by atoms with van der Waals surface area (Å²) in [6, 6.07) is 9.44. The van der Waals surface area contributed by atoms with Gasteiger partial charge in [-0.05, 0) is 42.7 Å². The first-order valence-electron chi connectivity index (χ1n) is 6.72. The van der Waals surface area contributed by atoms with E-state index in [4.69, 9.17) is 5.11 Å². The number of hydrogen-bond donors (Lipinski definition) is 2. The molecule has 0 aliphatic rings. The number of aliphatic hydroxyl groups is 1. The van der Waals surface area contributed by atoms with E-state index in [-0.39, 0.29) is 6.61 Å². The van der Waals surface area contributed by atoms with Crippen molar-refractivity contribution in [1.29, 1.82) is 0 Å². The summed E-state index contributed by atoms with van der Waals surface area (Å²) < 4.78 is 0. The Bertz CT molecular complexity index is 439. The summed E-state index contributed by atoms with van der Waals surface area (Å²) in [5.74, 6) is 0. The molecule has 0 radical (unpaired) electrons. The lowest BCUT2D eigenvalue weighted by Gasteiger charge is -2.22. The molecule has 0 aliphatic heterocycles. The van der Waals surface area contributed by atoms with Gasteiger partial charge in [0.15, 0.2) is 0 Å². The minimum absolute atomic E-state index is 0.278. The van der Waals surface area contributed by atoms with Crippen molar-refractivity contribution < 1.29 is 5.11 Å². The molecule has 2 aromatic heterocycles. The van der Waals surface area contributed by atoms with Crippen molar-refractivity contribution in [1.82, 2.24) is 5.32 Å². The zero-order chi connectivity index (χ0) is 13.5. The van der Waals surface area contributed by atoms with Crippen LogP contribution in [0.1, 0.15) is 35.6 Å². The van der Waals surface area contributed by atoms with Crippen molar-refractivity contribution in [3.8, 4) is 0 Å². The van der Waals surface area contributed by atoms with E-state index in [1.165, 1.54) is 9.75 Å². The van der Waals surface area contributed by atoms with Crippen molar-refractivity contribution in [3.05, 3.63) is 44.8 Å². The summed E-state index contributed by atoms with van der Waals surface area (Å²) in [4.78, 5) is 2.81. The summed E-state index contributed by atoms with van der Waals surface area (Å²) in [5.41, 5.74) is 0. The molecule has 2 nitrogen and oxygen atoms in total. The van der Waals surface area contributed by atoms with Gasteiger partial charge in [-0.25, -0.2) is 0 Å². The molecule has 0 bridgehead atoms. The predicted octanol–water partition coefficient (Wildman–Crippen LogP) is 3.84. The SMILES string of the molecule is CC(CCCO)NC(Cc1cccs1)c1cccs1. The lowest BCUT2D eigenvalue weighted by molar-refractivity contribution is 0.273. The van der Waals surface area contributed by atoms with Crippen LogP contribution in [0.3, 0.4) is 0 Å². The van der Waals surface area contributed by atoms with Gasteiger partial charge in [-0.2, -0.15) is 0 Å². The van der Waals surface area contributed by atoms with Gasteiger partial charge in [-0.15, -0.1) is 22.7 Å². The molecule has 19 heavy (non-hydrogen) atoms. The highest BCUT2D eigenvalue weighted by molar-refractivity contribution is 7.10. The molecule has 2 heterocycles. The number of aliphatic hydroxyl groups excluding tert-OH is 1. The van der Waals surface area contributed by atoms with E-state index in [1.54, 1.807) is 0 Å². The third-order valence-corrected chi connectivity index (χ3v) is 5.04. The van der Waals surface area contributed by atoms with Crippen molar-refractivity contribution in [2.45, 2.75) is 38.3 Å². The fourth-order valence-corrected chi connectivity index (χ4v) is 3.72. The van der Waals surface area contributed by atoms with Gasteiger partial charge >= 0.3 is 0 Å². The Hall–Kier alpha value is -0.680. The summed E-state index contributed by atoms with van der Waals surface area (Å²) >= 11 is 3.63. The number of hydrogen-bond acceptors (Lipinski definition) is 4. The van der Waals surface area contributed by atoms with Crippen LogP contribution in [0.4, 0.5) is 0 Å². The quantitative estimate of drug-likeness (QED) is 0.775. The van der Waals surface area contributed by atoms with Crippen molar-refractivity contribution in [3.63, 3.8) is 0 Å². The minimum atomic E-state index is 0.278. The Morgan fingerprint density at radius 2 is 2.00 bits per heavy atom. The molecule has 0 saturated carbocycles. The van der Waals surface area contributed by atoms with Crippen LogP contribution < -0.4 is 5.32 Å². The van der Waals surface area contributed by atoms with E-state index < -0.39 is 0 Å². The van der Waals surface area contributed by atoms with Crippen LogP contribution in [-0.4, -0.2) is 17.8 Å². The largest absolute Gasteiger partial charge is 0.396 e. The molecule has 2 atom stereocenters. The normalized spacial score (nSPS) is 14.4. The van der Waals surface area contributed by atoms with Gasteiger partial charge in [-0.1, -0.05) is 12.1 Å². The van der Waals surface area contributed by atoms with E-state index in [2.05, 4.69) is 47.3 Å². The molecular formula is C15H21NOS2. The molecule has 2 aromatic rings. The summed E-state index contributed by atoms with van der Waals surface area (Å²) in [6.07, 6.45) is 2.93. The van der Waals surface area contributed by atoms with Crippen LogP contribution in [0, 0.1) is 0 Å². The average Bonchev–Trinajstić information content (AvgIpc) is 3.08. The molecule has 4 heteroatoms. The maximum atomic E-state index is 8.92. The van der Waals surface area contributed by atoms with Gasteiger partial charge in [-0.3, -0.25) is 0 Å². The van der Waals surface area contributed by atoms with Gasteiger partial charge < -0.3 is 10.4 Å². The Labute approximate surface area is 123 Å². The van der Waals surface area contributed by atoms with Crippen LogP contribution >= 0.6 is 22.7 Å². The molecule has 0 spiro atoms. The molecule has 0 aromatic carbocycles. The van der Waals surface area contributed by atoms with E-state index in [9.17, 15) is 0 Å². The van der Waals surface area contributed by atoms with Crippen LogP contribution in [0.5, 0.6) is 0 Å². The number of rotatable bonds is 8. The van der Waals surface area contributed by atoms with Gasteiger partial charge in [0.05, 0.1) is 0 Å². The highest BCUT2D eigenvalue weighted by Crippen LogP contribution is 2.25. The van der Waals surface area contributed by atoms with Crippen molar-refractivity contribution in [2.75, 3.05) is 6.61 Å². The van der Waals surface area contributed by atoms with E-state index >= 15 is 0 Å². The Morgan fingerprint density at radius 1 is 1.21 bits per heavy atom. The standard InChI is InChI=1S/C15H21NOS2/c1-12(5-2-8-17)16-14(15-7-4-10-19-15)11-13-6-3-9-18-13/h3-4,6-7,9-10,12,14,16-17H,2,5,8,11H2,1H3. The maximum absolute atomic E-state index is 8.92. The van der Waals surface area contributed by atoms with Crippen LogP contribution in [0.15, 0.2) is 35.0 Å². The fraction of sp³-hybridized carbons (Fsp3) is 0.467. The topological polar surface area (TPSA) is 32.3 Å². The predicted molar refractivity (Wildman–Crippen MR) is 84.0 cm³/mol. The average molecular weight is 295 g/mol.